The fraction of sp³-hybridized carbons (Fsp3) is 0.500. The molecular weight excluding hydrogens is 334 g/mol. The highest BCUT2D eigenvalue weighted by atomic mass is 16.6. The number of benzene rings is 1. The molecule has 0 amide bonds. The van der Waals surface area contributed by atoms with Crippen LogP contribution < -0.4 is 4.74 Å². The number of ether oxygens (including phenoxy) is 3. The Balaban J connectivity index is 0.00000113. The van der Waals surface area contributed by atoms with Crippen LogP contribution >= 0.6 is 0 Å². The monoisotopic (exact) mass is 365 g/mol. The summed E-state index contributed by atoms with van der Waals surface area (Å²) in [5.41, 5.74) is 1.34. The van der Waals surface area contributed by atoms with Crippen LogP contribution in [0.2, 0.25) is 0 Å². The second-order valence-corrected chi connectivity index (χ2v) is 6.26. The first-order chi connectivity index (χ1) is 12.2. The summed E-state index contributed by atoms with van der Waals surface area (Å²) in [6.45, 7) is 11.3. The van der Waals surface area contributed by atoms with Gasteiger partial charge in [-0.25, -0.2) is 4.79 Å². The van der Waals surface area contributed by atoms with Gasteiger partial charge in [0, 0.05) is 25.8 Å². The summed E-state index contributed by atoms with van der Waals surface area (Å²) in [4.78, 5) is 23.6. The van der Waals surface area contributed by atoms with Gasteiger partial charge in [0.2, 0.25) is 0 Å². The number of nitrogens with zero attached hydrogens (tertiary/aromatic N) is 1. The van der Waals surface area contributed by atoms with Crippen molar-refractivity contribution >= 4 is 23.3 Å². The SMILES string of the molecule is CC.COC.COc1cc(C)c2c(ccn2C(=O)OC(C)(C)C)c1C=O. The van der Waals surface area contributed by atoms with Gasteiger partial charge in [0.15, 0.2) is 6.29 Å². The summed E-state index contributed by atoms with van der Waals surface area (Å²) in [6.07, 6.45) is 1.88. The summed E-state index contributed by atoms with van der Waals surface area (Å²) < 4.78 is 16.3. The van der Waals surface area contributed by atoms with Gasteiger partial charge in [-0.15, -0.1) is 0 Å². The number of hydrogen-bond donors (Lipinski definition) is 0. The van der Waals surface area contributed by atoms with E-state index in [2.05, 4.69) is 4.74 Å². The Bertz CT molecular complexity index is 726. The number of rotatable bonds is 2. The molecule has 0 N–H and O–H groups in total. The lowest BCUT2D eigenvalue weighted by atomic mass is 10.1. The van der Waals surface area contributed by atoms with Crippen LogP contribution in [0.5, 0.6) is 5.75 Å². The molecule has 0 saturated carbocycles. The van der Waals surface area contributed by atoms with Crippen molar-refractivity contribution < 1.29 is 23.8 Å². The van der Waals surface area contributed by atoms with E-state index in [1.54, 1.807) is 32.5 Å². The lowest BCUT2D eigenvalue weighted by Gasteiger charge is -2.20. The molecule has 1 aromatic heterocycles. The minimum atomic E-state index is -0.582. The average Bonchev–Trinajstić information content (AvgIpc) is 3.01. The molecule has 0 aliphatic heterocycles. The highest BCUT2D eigenvalue weighted by Crippen LogP contribution is 2.31. The van der Waals surface area contributed by atoms with Gasteiger partial charge in [0.25, 0.3) is 0 Å². The highest BCUT2D eigenvalue weighted by Gasteiger charge is 2.21. The first-order valence-corrected chi connectivity index (χ1v) is 8.47. The lowest BCUT2D eigenvalue weighted by molar-refractivity contribution is 0.0544. The third-order valence-electron chi connectivity index (χ3n) is 3.09. The van der Waals surface area contributed by atoms with Gasteiger partial charge in [-0.1, -0.05) is 13.8 Å². The highest BCUT2D eigenvalue weighted by molar-refractivity contribution is 6.03. The Morgan fingerprint density at radius 1 is 1.15 bits per heavy atom. The van der Waals surface area contributed by atoms with E-state index in [0.717, 1.165) is 11.8 Å². The molecule has 1 aromatic carbocycles. The van der Waals surface area contributed by atoms with Crippen LogP contribution in [0.15, 0.2) is 18.3 Å². The van der Waals surface area contributed by atoms with Crippen LogP contribution in [0.1, 0.15) is 50.5 Å². The van der Waals surface area contributed by atoms with Crippen molar-refractivity contribution in [2.24, 2.45) is 0 Å². The topological polar surface area (TPSA) is 66.8 Å². The van der Waals surface area contributed by atoms with Crippen molar-refractivity contribution in [2.75, 3.05) is 21.3 Å². The molecule has 0 spiro atoms. The first-order valence-electron chi connectivity index (χ1n) is 8.47. The number of carbonyl (C=O) groups excluding carboxylic acids is 2. The zero-order valence-electron chi connectivity index (χ0n) is 17.3. The van der Waals surface area contributed by atoms with Crippen LogP contribution in [-0.4, -0.2) is 43.9 Å². The van der Waals surface area contributed by atoms with Crippen molar-refractivity contribution in [3.05, 3.63) is 29.5 Å². The molecule has 0 saturated heterocycles. The predicted molar refractivity (Wildman–Crippen MR) is 105 cm³/mol. The van der Waals surface area contributed by atoms with Gasteiger partial charge in [-0.3, -0.25) is 9.36 Å². The maximum absolute atomic E-state index is 12.3. The van der Waals surface area contributed by atoms with E-state index in [0.29, 0.717) is 22.2 Å². The molecule has 26 heavy (non-hydrogen) atoms. The lowest BCUT2D eigenvalue weighted by Crippen LogP contribution is -2.26. The third kappa shape index (κ3) is 5.88. The van der Waals surface area contributed by atoms with E-state index in [9.17, 15) is 9.59 Å². The summed E-state index contributed by atoms with van der Waals surface area (Å²) >= 11 is 0. The minimum Gasteiger partial charge on any atom is -0.496 e. The molecular formula is C20H31NO5. The largest absolute Gasteiger partial charge is 0.496 e. The number of aromatic nitrogens is 1. The van der Waals surface area contributed by atoms with E-state index < -0.39 is 11.7 Å². The van der Waals surface area contributed by atoms with Gasteiger partial charge in [0.1, 0.15) is 11.4 Å². The number of hydrogen-bond acceptors (Lipinski definition) is 5. The second-order valence-electron chi connectivity index (χ2n) is 6.26. The van der Waals surface area contributed by atoms with E-state index in [1.807, 2.05) is 41.5 Å². The van der Waals surface area contributed by atoms with E-state index >= 15 is 0 Å². The number of aryl methyl sites for hydroxylation is 1. The maximum atomic E-state index is 12.3. The van der Waals surface area contributed by atoms with Crippen molar-refractivity contribution in [3.63, 3.8) is 0 Å². The molecule has 0 aliphatic rings. The Hall–Kier alpha value is -2.34. The third-order valence-corrected chi connectivity index (χ3v) is 3.09. The number of fused-ring (bicyclic) bond motifs is 1. The molecule has 0 unspecified atom stereocenters. The zero-order valence-corrected chi connectivity index (χ0v) is 17.3. The predicted octanol–water partition coefficient (Wildman–Crippen LogP) is 4.84. The van der Waals surface area contributed by atoms with E-state index in [4.69, 9.17) is 9.47 Å². The van der Waals surface area contributed by atoms with Crippen molar-refractivity contribution in [2.45, 2.75) is 47.1 Å². The van der Waals surface area contributed by atoms with Crippen LogP contribution in [0.4, 0.5) is 4.79 Å². The molecule has 6 heteroatoms. The van der Waals surface area contributed by atoms with Gasteiger partial charge >= 0.3 is 6.09 Å². The number of aldehydes is 1. The molecule has 0 fully saturated rings. The Kier molecular flexibility index (Phi) is 9.65. The van der Waals surface area contributed by atoms with Crippen molar-refractivity contribution in [1.82, 2.24) is 4.57 Å². The molecule has 2 aromatic rings. The molecule has 146 valence electrons. The first kappa shape index (κ1) is 23.7. The molecule has 0 atom stereocenters. The number of carbonyl (C=O) groups is 2. The van der Waals surface area contributed by atoms with Crippen LogP contribution in [0.3, 0.4) is 0 Å². The van der Waals surface area contributed by atoms with Gasteiger partial charge in [-0.05, 0) is 45.4 Å². The maximum Gasteiger partial charge on any atom is 0.419 e. The van der Waals surface area contributed by atoms with Gasteiger partial charge < -0.3 is 14.2 Å². The average molecular weight is 365 g/mol. The van der Waals surface area contributed by atoms with Crippen LogP contribution in [0, 0.1) is 6.92 Å². The Morgan fingerprint density at radius 3 is 2.12 bits per heavy atom. The smallest absolute Gasteiger partial charge is 0.419 e. The quantitative estimate of drug-likeness (QED) is 0.712. The standard InChI is InChI=1S/C16H19NO4.C2H6O.C2H6/c1-10-8-13(20-5)12(9-18)11-6-7-17(14(10)11)15(19)21-16(2,3)4;1-3-2;1-2/h6-9H,1-5H3;1-2H3;1-2H3. The normalized spacial score (nSPS) is 10.2. The fourth-order valence-corrected chi connectivity index (χ4v) is 2.28. The molecule has 0 aliphatic carbocycles. The molecule has 1 heterocycles. The van der Waals surface area contributed by atoms with Crippen LogP contribution in [0.25, 0.3) is 10.9 Å². The Labute approximate surface area is 156 Å². The summed E-state index contributed by atoms with van der Waals surface area (Å²) in [5, 5.41) is 0.674. The molecule has 0 radical (unpaired) electrons. The summed E-state index contributed by atoms with van der Waals surface area (Å²) in [5.74, 6) is 0.497. The Morgan fingerprint density at radius 2 is 1.69 bits per heavy atom. The summed E-state index contributed by atoms with van der Waals surface area (Å²) in [6, 6.07) is 3.46. The van der Waals surface area contributed by atoms with Gasteiger partial charge in [-0.2, -0.15) is 0 Å². The fourth-order valence-electron chi connectivity index (χ4n) is 2.28. The minimum absolute atomic E-state index is 0.431. The van der Waals surface area contributed by atoms with Gasteiger partial charge in [0.05, 0.1) is 18.2 Å². The van der Waals surface area contributed by atoms with E-state index in [1.165, 1.54) is 11.7 Å². The van der Waals surface area contributed by atoms with Crippen molar-refractivity contribution in [3.8, 4) is 5.75 Å². The molecule has 6 nitrogen and oxygen atoms in total. The molecule has 0 bridgehead atoms. The zero-order chi connectivity index (χ0) is 20.5. The number of methoxy groups -OCH3 is 2. The summed E-state index contributed by atoms with van der Waals surface area (Å²) in [7, 11) is 4.76. The molecule has 2 rings (SSSR count). The van der Waals surface area contributed by atoms with Crippen LogP contribution in [-0.2, 0) is 9.47 Å². The van der Waals surface area contributed by atoms with Crippen molar-refractivity contribution in [1.29, 1.82) is 0 Å². The van der Waals surface area contributed by atoms with E-state index in [-0.39, 0.29) is 0 Å². The second kappa shape index (κ2) is 10.6.